The highest BCUT2D eigenvalue weighted by Gasteiger charge is 2.20. The van der Waals surface area contributed by atoms with E-state index in [-0.39, 0.29) is 12.5 Å². The van der Waals surface area contributed by atoms with Crippen LogP contribution in [-0.2, 0) is 16.1 Å². The zero-order valence-electron chi connectivity index (χ0n) is 16.3. The lowest BCUT2D eigenvalue weighted by Gasteiger charge is -2.20. The Morgan fingerprint density at radius 3 is 2.69 bits per heavy atom. The van der Waals surface area contributed by atoms with E-state index in [4.69, 9.17) is 10.00 Å². The monoisotopic (exact) mass is 405 g/mol. The average Bonchev–Trinajstić information content (AvgIpc) is 3.16. The Morgan fingerprint density at radius 1 is 1.21 bits per heavy atom. The molecule has 3 aromatic rings. The van der Waals surface area contributed by atoms with E-state index in [0.29, 0.717) is 22.0 Å². The SMILES string of the molecule is CC(=O)N(c1nc(COC(=O)c2cccc(C#N)c2)cs1)c1ccc(C)cc1C. The minimum absolute atomic E-state index is 0.0231. The van der Waals surface area contributed by atoms with Crippen molar-refractivity contribution >= 4 is 34.0 Å². The number of esters is 1. The smallest absolute Gasteiger partial charge is 0.338 e. The highest BCUT2D eigenvalue weighted by molar-refractivity contribution is 7.14. The quantitative estimate of drug-likeness (QED) is 0.576. The molecule has 0 N–H and O–H groups in total. The Kier molecular flexibility index (Phi) is 6.05. The Hall–Kier alpha value is -3.50. The zero-order valence-corrected chi connectivity index (χ0v) is 17.1. The molecule has 0 aliphatic carbocycles. The van der Waals surface area contributed by atoms with Crippen molar-refractivity contribution in [1.82, 2.24) is 4.98 Å². The number of rotatable bonds is 5. The van der Waals surface area contributed by atoms with Gasteiger partial charge in [0.1, 0.15) is 6.61 Å². The van der Waals surface area contributed by atoms with Crippen LogP contribution in [0.25, 0.3) is 0 Å². The third-order valence-corrected chi connectivity index (χ3v) is 5.09. The van der Waals surface area contributed by atoms with Gasteiger partial charge in [-0.05, 0) is 43.7 Å². The van der Waals surface area contributed by atoms with Gasteiger partial charge in [0.05, 0.1) is 28.6 Å². The summed E-state index contributed by atoms with van der Waals surface area (Å²) in [4.78, 5) is 30.5. The third kappa shape index (κ3) is 4.68. The molecule has 1 amide bonds. The molecule has 0 spiro atoms. The predicted octanol–water partition coefficient (Wildman–Crippen LogP) is 4.67. The topological polar surface area (TPSA) is 83.3 Å². The second-order valence-corrected chi connectivity index (χ2v) is 7.37. The van der Waals surface area contributed by atoms with Gasteiger partial charge >= 0.3 is 5.97 Å². The van der Waals surface area contributed by atoms with Crippen LogP contribution in [0, 0.1) is 25.2 Å². The summed E-state index contributed by atoms with van der Waals surface area (Å²) in [5.41, 5.74) is 4.10. The molecule has 1 heterocycles. The fourth-order valence-electron chi connectivity index (χ4n) is 2.87. The van der Waals surface area contributed by atoms with E-state index < -0.39 is 5.97 Å². The van der Waals surface area contributed by atoms with Crippen molar-refractivity contribution in [3.8, 4) is 6.07 Å². The molecular weight excluding hydrogens is 386 g/mol. The highest BCUT2D eigenvalue weighted by Crippen LogP contribution is 2.31. The van der Waals surface area contributed by atoms with Crippen molar-refractivity contribution in [3.63, 3.8) is 0 Å². The first kappa shape index (κ1) is 20.2. The number of hydrogen-bond acceptors (Lipinski definition) is 6. The van der Waals surface area contributed by atoms with Crippen molar-refractivity contribution in [2.45, 2.75) is 27.4 Å². The predicted molar refractivity (Wildman–Crippen MR) is 111 cm³/mol. The number of carbonyl (C=O) groups is 2. The molecule has 146 valence electrons. The molecule has 0 fully saturated rings. The van der Waals surface area contributed by atoms with Gasteiger partial charge in [-0.1, -0.05) is 23.8 Å². The van der Waals surface area contributed by atoms with Gasteiger partial charge in [-0.3, -0.25) is 9.69 Å². The summed E-state index contributed by atoms with van der Waals surface area (Å²) in [6.45, 7) is 5.41. The molecule has 0 bridgehead atoms. The van der Waals surface area contributed by atoms with Gasteiger partial charge < -0.3 is 4.74 Å². The first-order chi connectivity index (χ1) is 13.9. The number of aromatic nitrogens is 1. The number of aryl methyl sites for hydroxylation is 2. The fraction of sp³-hybridized carbons (Fsp3) is 0.182. The van der Waals surface area contributed by atoms with Crippen molar-refractivity contribution < 1.29 is 14.3 Å². The summed E-state index contributed by atoms with van der Waals surface area (Å²) >= 11 is 1.31. The van der Waals surface area contributed by atoms with E-state index in [9.17, 15) is 9.59 Å². The maximum Gasteiger partial charge on any atom is 0.338 e. The number of thiazole rings is 1. The first-order valence-corrected chi connectivity index (χ1v) is 9.76. The van der Waals surface area contributed by atoms with Crippen LogP contribution in [0.1, 0.15) is 39.7 Å². The van der Waals surface area contributed by atoms with Gasteiger partial charge in [0, 0.05) is 12.3 Å². The molecule has 0 aliphatic rings. The summed E-state index contributed by atoms with van der Waals surface area (Å²) in [6.07, 6.45) is 0. The average molecular weight is 405 g/mol. The van der Waals surface area contributed by atoms with Crippen LogP contribution in [0.3, 0.4) is 0 Å². The number of ether oxygens (including phenoxy) is 1. The van der Waals surface area contributed by atoms with Crippen LogP contribution in [0.4, 0.5) is 10.8 Å². The molecule has 2 aromatic carbocycles. The molecule has 0 saturated carbocycles. The van der Waals surface area contributed by atoms with E-state index in [1.165, 1.54) is 24.3 Å². The normalized spacial score (nSPS) is 10.3. The van der Waals surface area contributed by atoms with E-state index in [1.807, 2.05) is 38.1 Å². The van der Waals surface area contributed by atoms with E-state index >= 15 is 0 Å². The molecule has 0 radical (unpaired) electrons. The van der Waals surface area contributed by atoms with E-state index in [1.54, 1.807) is 28.5 Å². The van der Waals surface area contributed by atoms with Gasteiger partial charge in [-0.25, -0.2) is 9.78 Å². The van der Waals surface area contributed by atoms with Crippen molar-refractivity contribution in [1.29, 1.82) is 5.26 Å². The first-order valence-electron chi connectivity index (χ1n) is 8.88. The Balaban J connectivity index is 1.76. The molecule has 29 heavy (non-hydrogen) atoms. The molecule has 0 saturated heterocycles. The Labute approximate surface area is 173 Å². The molecule has 3 rings (SSSR count). The number of nitrogens with zero attached hydrogens (tertiary/aromatic N) is 3. The van der Waals surface area contributed by atoms with Gasteiger partial charge in [-0.15, -0.1) is 11.3 Å². The Bertz CT molecular complexity index is 1110. The number of amides is 1. The van der Waals surface area contributed by atoms with E-state index in [2.05, 4.69) is 4.98 Å². The van der Waals surface area contributed by atoms with Crippen LogP contribution < -0.4 is 4.90 Å². The van der Waals surface area contributed by atoms with Gasteiger partial charge in [0.2, 0.25) is 5.91 Å². The third-order valence-electron chi connectivity index (χ3n) is 4.22. The number of hydrogen-bond donors (Lipinski definition) is 0. The highest BCUT2D eigenvalue weighted by atomic mass is 32.1. The van der Waals surface area contributed by atoms with Crippen LogP contribution >= 0.6 is 11.3 Å². The summed E-state index contributed by atoms with van der Waals surface area (Å²) in [5.74, 6) is -0.683. The number of benzene rings is 2. The van der Waals surface area contributed by atoms with Crippen molar-refractivity contribution in [2.75, 3.05) is 4.90 Å². The summed E-state index contributed by atoms with van der Waals surface area (Å²) in [5, 5.41) is 11.2. The maximum atomic E-state index is 12.3. The second-order valence-electron chi connectivity index (χ2n) is 6.53. The van der Waals surface area contributed by atoms with E-state index in [0.717, 1.165) is 16.8 Å². The molecule has 1 aromatic heterocycles. The van der Waals surface area contributed by atoms with Crippen molar-refractivity contribution in [3.05, 3.63) is 75.8 Å². The van der Waals surface area contributed by atoms with Gasteiger partial charge in [-0.2, -0.15) is 5.26 Å². The van der Waals surface area contributed by atoms with Gasteiger partial charge in [0.15, 0.2) is 5.13 Å². The lowest BCUT2D eigenvalue weighted by molar-refractivity contribution is -0.115. The molecule has 0 aliphatic heterocycles. The largest absolute Gasteiger partial charge is 0.456 e. The Morgan fingerprint density at radius 2 is 2.00 bits per heavy atom. The standard InChI is InChI=1S/C22H19N3O3S/c1-14-7-8-20(15(2)9-14)25(16(3)26)22-24-19(13-29-22)12-28-21(27)18-6-4-5-17(10-18)11-23/h4-10,13H,12H2,1-3H3. The fourth-order valence-corrected chi connectivity index (χ4v) is 3.73. The lowest BCUT2D eigenvalue weighted by Crippen LogP contribution is -2.23. The molecule has 0 atom stereocenters. The molecule has 7 heteroatoms. The summed E-state index contributed by atoms with van der Waals surface area (Å²) in [7, 11) is 0. The zero-order chi connectivity index (χ0) is 21.0. The minimum Gasteiger partial charge on any atom is -0.456 e. The number of nitriles is 1. The van der Waals surface area contributed by atoms with Crippen LogP contribution in [0.15, 0.2) is 47.8 Å². The molecule has 0 unspecified atom stereocenters. The maximum absolute atomic E-state index is 12.3. The van der Waals surface area contributed by atoms with Crippen LogP contribution in [0.5, 0.6) is 0 Å². The van der Waals surface area contributed by atoms with Crippen LogP contribution in [-0.4, -0.2) is 16.9 Å². The van der Waals surface area contributed by atoms with Crippen molar-refractivity contribution in [2.24, 2.45) is 0 Å². The number of anilines is 2. The van der Waals surface area contributed by atoms with Gasteiger partial charge in [0.25, 0.3) is 0 Å². The molecule has 6 nitrogen and oxygen atoms in total. The summed E-state index contributed by atoms with van der Waals surface area (Å²) < 4.78 is 5.30. The number of carbonyl (C=O) groups excluding carboxylic acids is 2. The van der Waals surface area contributed by atoms with Crippen LogP contribution in [0.2, 0.25) is 0 Å². The molecular formula is C22H19N3O3S. The lowest BCUT2D eigenvalue weighted by atomic mass is 10.1. The second kappa shape index (κ2) is 8.67. The summed E-state index contributed by atoms with van der Waals surface area (Å²) in [6, 6.07) is 14.2. The minimum atomic E-state index is -0.533.